The van der Waals surface area contributed by atoms with Gasteiger partial charge >= 0.3 is 0 Å². The number of aliphatic hydroxyl groups excluding tert-OH is 1. The van der Waals surface area contributed by atoms with Crippen LogP contribution in [0.5, 0.6) is 5.75 Å². The molecule has 0 aliphatic carbocycles. The maximum atomic E-state index is 13.3. The van der Waals surface area contributed by atoms with E-state index >= 15 is 0 Å². The zero-order valence-corrected chi connectivity index (χ0v) is 24.7. The van der Waals surface area contributed by atoms with Gasteiger partial charge in [-0.1, -0.05) is 55.5 Å². The summed E-state index contributed by atoms with van der Waals surface area (Å²) in [7, 11) is -3.94. The van der Waals surface area contributed by atoms with Crippen LogP contribution < -0.4 is 9.46 Å². The van der Waals surface area contributed by atoms with Crippen molar-refractivity contribution in [3.8, 4) is 5.75 Å². The number of amides is 1. The number of rotatable bonds is 8. The third kappa shape index (κ3) is 6.64. The number of nitrogens with one attached hydrogen (secondary N) is 1. The smallest absolute Gasteiger partial charge is 0.241 e. The minimum Gasteiger partial charge on any atom is -0.485 e. The number of aryl methyl sites for hydroxylation is 1. The van der Waals surface area contributed by atoms with Gasteiger partial charge in [0.2, 0.25) is 15.9 Å². The van der Waals surface area contributed by atoms with Crippen LogP contribution in [-0.4, -0.2) is 67.1 Å². The van der Waals surface area contributed by atoms with Crippen LogP contribution in [0.1, 0.15) is 49.1 Å². The molecule has 218 valence electrons. The number of aliphatic hydroxyl groups is 1. The average molecular weight is 578 g/mol. The Kier molecular flexibility index (Phi) is 8.52. The Morgan fingerprint density at radius 2 is 1.61 bits per heavy atom. The lowest BCUT2D eigenvalue weighted by molar-refractivity contribution is -0.132. The molecule has 8 nitrogen and oxygen atoms in total. The zero-order chi connectivity index (χ0) is 29.2. The maximum absolute atomic E-state index is 13.3. The normalized spacial score (nSPS) is 20.7. The van der Waals surface area contributed by atoms with E-state index in [0.29, 0.717) is 24.4 Å². The minimum absolute atomic E-state index is 0.0232. The lowest BCUT2D eigenvalue weighted by Crippen LogP contribution is -2.53. The molecule has 9 heteroatoms. The van der Waals surface area contributed by atoms with Crippen molar-refractivity contribution in [2.45, 2.75) is 62.8 Å². The fraction of sp³-hybridized carbons (Fsp3) is 0.406. The number of benzene rings is 3. The second kappa shape index (κ2) is 11.9. The molecule has 2 aliphatic rings. The molecule has 2 atom stereocenters. The zero-order valence-electron chi connectivity index (χ0n) is 23.9. The van der Waals surface area contributed by atoms with E-state index in [1.807, 2.05) is 36.1 Å². The molecular formula is C32H39N3O5S. The molecule has 2 aliphatic heterocycles. The largest absolute Gasteiger partial charge is 0.485 e. The number of carbonyl (C=O) groups is 1. The third-order valence-electron chi connectivity index (χ3n) is 8.06. The molecule has 0 bridgehead atoms. The predicted octanol–water partition coefficient (Wildman–Crippen LogP) is 3.69. The summed E-state index contributed by atoms with van der Waals surface area (Å²) in [4.78, 5) is 17.6. The molecule has 41 heavy (non-hydrogen) atoms. The van der Waals surface area contributed by atoms with Crippen molar-refractivity contribution in [1.29, 1.82) is 0 Å². The van der Waals surface area contributed by atoms with Crippen LogP contribution in [0.3, 0.4) is 0 Å². The Hall–Kier alpha value is -3.24. The standard InChI is InChI=1S/C32H39N3O5S/c1-4-23-10-13-26(14-11-23)41(38,39)33-30-27-20-25(12-15-28(27)40-32(2,3)31(30)37)21-29(36)35-18-16-34(17-19-35)22-24-8-6-5-7-9-24/h5-15,20,30-31,33,37H,4,16-19,21-22H2,1-3H3. The first-order valence-corrected chi connectivity index (χ1v) is 15.7. The fourth-order valence-electron chi connectivity index (χ4n) is 5.51. The van der Waals surface area contributed by atoms with E-state index in [4.69, 9.17) is 4.74 Å². The van der Waals surface area contributed by atoms with E-state index in [1.165, 1.54) is 5.56 Å². The second-order valence-electron chi connectivity index (χ2n) is 11.4. The lowest BCUT2D eigenvalue weighted by atomic mass is 9.86. The molecule has 2 heterocycles. The molecule has 2 N–H and O–H groups in total. The summed E-state index contributed by atoms with van der Waals surface area (Å²) in [6.07, 6.45) is -0.161. The fourth-order valence-corrected chi connectivity index (χ4v) is 6.73. The number of fused-ring (bicyclic) bond motifs is 1. The van der Waals surface area contributed by atoms with Crippen molar-refractivity contribution in [2.75, 3.05) is 26.2 Å². The van der Waals surface area contributed by atoms with E-state index in [0.717, 1.165) is 37.2 Å². The van der Waals surface area contributed by atoms with Crippen LogP contribution in [0.25, 0.3) is 0 Å². The molecule has 3 aromatic carbocycles. The van der Waals surface area contributed by atoms with Crippen LogP contribution in [0.15, 0.2) is 77.7 Å². The molecule has 0 radical (unpaired) electrons. The van der Waals surface area contributed by atoms with Crippen LogP contribution >= 0.6 is 0 Å². The van der Waals surface area contributed by atoms with E-state index in [-0.39, 0.29) is 17.2 Å². The number of piperazine rings is 1. The van der Waals surface area contributed by atoms with E-state index in [1.54, 1.807) is 50.2 Å². The van der Waals surface area contributed by atoms with Crippen molar-refractivity contribution >= 4 is 15.9 Å². The van der Waals surface area contributed by atoms with Gasteiger partial charge in [0.15, 0.2) is 0 Å². The Morgan fingerprint density at radius 3 is 2.27 bits per heavy atom. The van der Waals surface area contributed by atoms with E-state index < -0.39 is 27.8 Å². The lowest BCUT2D eigenvalue weighted by Gasteiger charge is -2.42. The van der Waals surface area contributed by atoms with E-state index in [9.17, 15) is 18.3 Å². The topological polar surface area (TPSA) is 99.2 Å². The highest BCUT2D eigenvalue weighted by Gasteiger charge is 2.44. The first-order chi connectivity index (χ1) is 19.6. The second-order valence-corrected chi connectivity index (χ2v) is 13.2. The van der Waals surface area contributed by atoms with Crippen LogP contribution in [0.4, 0.5) is 0 Å². The first-order valence-electron chi connectivity index (χ1n) is 14.2. The minimum atomic E-state index is -3.94. The van der Waals surface area contributed by atoms with Crippen molar-refractivity contribution in [2.24, 2.45) is 0 Å². The third-order valence-corrected chi connectivity index (χ3v) is 9.52. The van der Waals surface area contributed by atoms with Gasteiger partial charge in [0.1, 0.15) is 17.5 Å². The predicted molar refractivity (Wildman–Crippen MR) is 158 cm³/mol. The number of carbonyl (C=O) groups excluding carboxylic acids is 1. The SMILES string of the molecule is CCc1ccc(S(=O)(=O)NC2c3cc(CC(=O)N4CCN(Cc5ccccc5)CC4)ccc3OC(C)(C)C2O)cc1. The van der Waals surface area contributed by atoms with Gasteiger partial charge in [0, 0.05) is 38.3 Å². The summed E-state index contributed by atoms with van der Waals surface area (Å²) in [5.41, 5.74) is 2.53. The summed E-state index contributed by atoms with van der Waals surface area (Å²) in [5.74, 6) is 0.509. The van der Waals surface area contributed by atoms with Gasteiger partial charge in [-0.15, -0.1) is 0 Å². The Bertz CT molecular complexity index is 1470. The Morgan fingerprint density at radius 1 is 0.951 bits per heavy atom. The molecule has 0 spiro atoms. The Labute approximate surface area is 243 Å². The summed E-state index contributed by atoms with van der Waals surface area (Å²) in [6, 6.07) is 21.5. The molecule has 2 unspecified atom stereocenters. The maximum Gasteiger partial charge on any atom is 0.241 e. The van der Waals surface area contributed by atoms with Crippen molar-refractivity contribution < 1.29 is 23.1 Å². The van der Waals surface area contributed by atoms with Crippen molar-refractivity contribution in [1.82, 2.24) is 14.5 Å². The molecule has 0 aromatic heterocycles. The number of ether oxygens (including phenoxy) is 1. The van der Waals surface area contributed by atoms with Gasteiger partial charge in [-0.2, -0.15) is 0 Å². The molecule has 1 fully saturated rings. The molecule has 0 saturated carbocycles. The van der Waals surface area contributed by atoms with Crippen molar-refractivity contribution in [3.63, 3.8) is 0 Å². The average Bonchev–Trinajstić information content (AvgIpc) is 2.96. The summed E-state index contributed by atoms with van der Waals surface area (Å²) >= 11 is 0. The van der Waals surface area contributed by atoms with Crippen LogP contribution in [-0.2, 0) is 34.2 Å². The highest BCUT2D eigenvalue weighted by atomic mass is 32.2. The van der Waals surface area contributed by atoms with E-state index in [2.05, 4.69) is 21.8 Å². The van der Waals surface area contributed by atoms with Gasteiger partial charge in [0.05, 0.1) is 17.4 Å². The number of hydrogen-bond donors (Lipinski definition) is 2. The monoisotopic (exact) mass is 577 g/mol. The van der Waals surface area contributed by atoms with Crippen LogP contribution in [0.2, 0.25) is 0 Å². The van der Waals surface area contributed by atoms with Gasteiger partial charge < -0.3 is 14.7 Å². The summed E-state index contributed by atoms with van der Waals surface area (Å²) < 4.78 is 35.5. The summed E-state index contributed by atoms with van der Waals surface area (Å²) in [6.45, 7) is 9.27. The molecular weight excluding hydrogens is 538 g/mol. The number of hydrogen-bond acceptors (Lipinski definition) is 6. The van der Waals surface area contributed by atoms with Crippen LogP contribution in [0, 0.1) is 0 Å². The quantitative estimate of drug-likeness (QED) is 0.424. The van der Waals surface area contributed by atoms with Gasteiger partial charge in [-0.3, -0.25) is 9.69 Å². The molecule has 1 amide bonds. The first kappa shape index (κ1) is 29.3. The van der Waals surface area contributed by atoms with Gasteiger partial charge in [-0.25, -0.2) is 13.1 Å². The molecule has 3 aromatic rings. The Balaban J connectivity index is 1.30. The van der Waals surface area contributed by atoms with Crippen molar-refractivity contribution in [3.05, 3.63) is 95.1 Å². The van der Waals surface area contributed by atoms with Gasteiger partial charge in [0.25, 0.3) is 0 Å². The highest BCUT2D eigenvalue weighted by Crippen LogP contribution is 2.41. The number of sulfonamides is 1. The van der Waals surface area contributed by atoms with Gasteiger partial charge in [-0.05, 0) is 61.2 Å². The number of nitrogens with zero attached hydrogens (tertiary/aromatic N) is 2. The summed E-state index contributed by atoms with van der Waals surface area (Å²) in [5, 5.41) is 11.2. The molecule has 1 saturated heterocycles. The molecule has 5 rings (SSSR count). The highest BCUT2D eigenvalue weighted by molar-refractivity contribution is 7.89.